The molecule has 0 spiro atoms. The van der Waals surface area contributed by atoms with Gasteiger partial charge in [-0.25, -0.2) is 14.4 Å². The van der Waals surface area contributed by atoms with E-state index in [1.165, 1.54) is 6.07 Å². The number of aromatic nitrogens is 3. The number of benzene rings is 1. The smallest absolute Gasteiger partial charge is 0.161 e. The Morgan fingerprint density at radius 3 is 2.79 bits per heavy atom. The Morgan fingerprint density at radius 1 is 1.14 bits per heavy atom. The molecule has 6 heteroatoms. The molecule has 144 valence electrons. The molecule has 1 N–H and O–H groups in total. The fourth-order valence-electron chi connectivity index (χ4n) is 3.77. The van der Waals surface area contributed by atoms with Gasteiger partial charge in [0.2, 0.25) is 0 Å². The third-order valence-corrected chi connectivity index (χ3v) is 5.16. The van der Waals surface area contributed by atoms with Crippen LogP contribution in [0.5, 0.6) is 0 Å². The highest BCUT2D eigenvalue weighted by Gasteiger charge is 2.24. The van der Waals surface area contributed by atoms with E-state index < -0.39 is 0 Å². The average molecular weight is 377 g/mol. The molecule has 5 nitrogen and oxygen atoms in total. The lowest BCUT2D eigenvalue weighted by Gasteiger charge is -2.32. The highest BCUT2D eigenvalue weighted by atomic mass is 19.1. The first-order chi connectivity index (χ1) is 13.7. The predicted octanol–water partition coefficient (Wildman–Crippen LogP) is 4.10. The molecular weight excluding hydrogens is 353 g/mol. The van der Waals surface area contributed by atoms with Gasteiger partial charge in [0.1, 0.15) is 11.6 Å². The van der Waals surface area contributed by atoms with Gasteiger partial charge in [-0.05, 0) is 49.2 Å². The fourth-order valence-corrected chi connectivity index (χ4v) is 3.77. The Morgan fingerprint density at radius 2 is 2.00 bits per heavy atom. The molecule has 1 aliphatic heterocycles. The average Bonchev–Trinajstić information content (AvgIpc) is 2.74. The van der Waals surface area contributed by atoms with E-state index >= 15 is 0 Å². The summed E-state index contributed by atoms with van der Waals surface area (Å²) in [4.78, 5) is 15.9. The van der Waals surface area contributed by atoms with E-state index in [1.807, 2.05) is 31.3 Å². The van der Waals surface area contributed by atoms with Gasteiger partial charge in [-0.2, -0.15) is 0 Å². The van der Waals surface area contributed by atoms with Gasteiger partial charge in [0.05, 0.1) is 5.69 Å². The maximum atomic E-state index is 13.5. The number of halogens is 1. The standard InChI is InChI=1S/C22H24FN5/c1-24-21-13-20(26-22(27-21)17-7-9-25-10-8-17)18-5-3-11-28(15-18)14-16-4-2-6-19(23)12-16/h2,4,6-10,12-13,18H,3,5,11,14-15H2,1H3,(H,24,26,27)/t18-/m1/s1. The Labute approximate surface area is 164 Å². The van der Waals surface area contributed by atoms with E-state index in [0.717, 1.165) is 55.1 Å². The summed E-state index contributed by atoms with van der Waals surface area (Å²) < 4.78 is 13.5. The van der Waals surface area contributed by atoms with Crippen LogP contribution in [0.2, 0.25) is 0 Å². The van der Waals surface area contributed by atoms with Gasteiger partial charge in [0, 0.05) is 50.1 Å². The number of likely N-dealkylation sites (tertiary alicyclic amines) is 1. The molecule has 0 saturated carbocycles. The van der Waals surface area contributed by atoms with Gasteiger partial charge < -0.3 is 5.32 Å². The Balaban J connectivity index is 1.56. The largest absolute Gasteiger partial charge is 0.373 e. The maximum Gasteiger partial charge on any atom is 0.161 e. The van der Waals surface area contributed by atoms with E-state index in [0.29, 0.717) is 11.7 Å². The first kappa shape index (κ1) is 18.5. The van der Waals surface area contributed by atoms with Crippen molar-refractivity contribution >= 4 is 5.82 Å². The maximum absolute atomic E-state index is 13.5. The van der Waals surface area contributed by atoms with Gasteiger partial charge in [0.15, 0.2) is 5.82 Å². The van der Waals surface area contributed by atoms with Crippen LogP contribution in [0, 0.1) is 5.82 Å². The van der Waals surface area contributed by atoms with Crippen molar-refractivity contribution in [2.24, 2.45) is 0 Å². The minimum Gasteiger partial charge on any atom is -0.373 e. The van der Waals surface area contributed by atoms with E-state index in [9.17, 15) is 4.39 Å². The highest BCUT2D eigenvalue weighted by Crippen LogP contribution is 2.29. The molecule has 1 aliphatic rings. The monoisotopic (exact) mass is 377 g/mol. The van der Waals surface area contributed by atoms with Gasteiger partial charge in [-0.15, -0.1) is 0 Å². The quantitative estimate of drug-likeness (QED) is 0.726. The van der Waals surface area contributed by atoms with Crippen LogP contribution in [-0.4, -0.2) is 40.0 Å². The molecule has 0 aliphatic carbocycles. The molecule has 28 heavy (non-hydrogen) atoms. The lowest BCUT2D eigenvalue weighted by Crippen LogP contribution is -2.34. The Bertz CT molecular complexity index is 931. The van der Waals surface area contributed by atoms with Crippen LogP contribution in [0.4, 0.5) is 10.2 Å². The molecule has 3 aromatic rings. The minimum absolute atomic E-state index is 0.178. The van der Waals surface area contributed by atoms with Crippen molar-refractivity contribution in [3.8, 4) is 11.4 Å². The van der Waals surface area contributed by atoms with Gasteiger partial charge in [-0.3, -0.25) is 9.88 Å². The molecule has 1 fully saturated rings. The second kappa shape index (κ2) is 8.44. The molecule has 3 heterocycles. The highest BCUT2D eigenvalue weighted by molar-refractivity contribution is 5.57. The molecular formula is C22H24FN5. The number of piperidine rings is 1. The fraction of sp³-hybridized carbons (Fsp3) is 0.318. The zero-order valence-electron chi connectivity index (χ0n) is 16.0. The molecule has 0 amide bonds. The van der Waals surface area contributed by atoms with Crippen LogP contribution < -0.4 is 5.32 Å². The van der Waals surface area contributed by atoms with Crippen LogP contribution in [0.15, 0.2) is 54.9 Å². The van der Waals surface area contributed by atoms with Gasteiger partial charge in [0.25, 0.3) is 0 Å². The summed E-state index contributed by atoms with van der Waals surface area (Å²) in [6.45, 7) is 2.69. The number of anilines is 1. The zero-order valence-corrected chi connectivity index (χ0v) is 16.0. The summed E-state index contributed by atoms with van der Waals surface area (Å²) in [5.41, 5.74) is 3.02. The molecule has 0 radical (unpaired) electrons. The van der Waals surface area contributed by atoms with Crippen molar-refractivity contribution in [3.63, 3.8) is 0 Å². The van der Waals surface area contributed by atoms with E-state index in [4.69, 9.17) is 4.98 Å². The first-order valence-electron chi connectivity index (χ1n) is 9.65. The summed E-state index contributed by atoms with van der Waals surface area (Å²) in [5, 5.41) is 3.15. The topological polar surface area (TPSA) is 53.9 Å². The number of hydrogen-bond donors (Lipinski definition) is 1. The summed E-state index contributed by atoms with van der Waals surface area (Å²) >= 11 is 0. The molecule has 1 saturated heterocycles. The summed E-state index contributed by atoms with van der Waals surface area (Å²) in [7, 11) is 1.87. The number of pyridine rings is 1. The Kier molecular flexibility index (Phi) is 5.58. The SMILES string of the molecule is CNc1cc([C@@H]2CCCN(Cc3cccc(F)c3)C2)nc(-c2ccncc2)n1. The molecule has 0 unspecified atom stereocenters. The predicted molar refractivity (Wildman–Crippen MR) is 108 cm³/mol. The van der Waals surface area contributed by atoms with E-state index in [-0.39, 0.29) is 5.82 Å². The minimum atomic E-state index is -0.178. The van der Waals surface area contributed by atoms with Crippen molar-refractivity contribution < 1.29 is 4.39 Å². The van der Waals surface area contributed by atoms with Crippen LogP contribution >= 0.6 is 0 Å². The molecule has 4 rings (SSSR count). The Hall–Kier alpha value is -2.86. The van der Waals surface area contributed by atoms with Crippen molar-refractivity contribution in [2.75, 3.05) is 25.5 Å². The van der Waals surface area contributed by atoms with Crippen LogP contribution in [0.1, 0.15) is 30.0 Å². The van der Waals surface area contributed by atoms with Crippen molar-refractivity contribution in [1.82, 2.24) is 19.9 Å². The van der Waals surface area contributed by atoms with Crippen LogP contribution in [-0.2, 0) is 6.54 Å². The molecule has 2 aromatic heterocycles. The summed E-state index contributed by atoms with van der Waals surface area (Å²) in [6, 6.07) is 12.8. The van der Waals surface area contributed by atoms with E-state index in [2.05, 4.69) is 20.2 Å². The number of hydrogen-bond acceptors (Lipinski definition) is 5. The van der Waals surface area contributed by atoms with Crippen LogP contribution in [0.25, 0.3) is 11.4 Å². The lowest BCUT2D eigenvalue weighted by molar-refractivity contribution is 0.198. The van der Waals surface area contributed by atoms with Crippen molar-refractivity contribution in [1.29, 1.82) is 0 Å². The first-order valence-corrected chi connectivity index (χ1v) is 9.65. The number of rotatable bonds is 5. The van der Waals surface area contributed by atoms with E-state index in [1.54, 1.807) is 24.5 Å². The normalized spacial score (nSPS) is 17.4. The molecule has 1 aromatic carbocycles. The number of nitrogens with one attached hydrogen (secondary N) is 1. The third kappa shape index (κ3) is 4.34. The van der Waals surface area contributed by atoms with Gasteiger partial charge >= 0.3 is 0 Å². The second-order valence-electron chi connectivity index (χ2n) is 7.19. The molecule has 1 atom stereocenters. The third-order valence-electron chi connectivity index (χ3n) is 5.16. The lowest BCUT2D eigenvalue weighted by atomic mass is 9.94. The van der Waals surface area contributed by atoms with Crippen LogP contribution in [0.3, 0.4) is 0 Å². The zero-order chi connectivity index (χ0) is 19.3. The van der Waals surface area contributed by atoms with Crippen molar-refractivity contribution in [2.45, 2.75) is 25.3 Å². The van der Waals surface area contributed by atoms with Gasteiger partial charge in [-0.1, -0.05) is 12.1 Å². The summed E-state index contributed by atoms with van der Waals surface area (Å²) in [6.07, 6.45) is 5.70. The second-order valence-corrected chi connectivity index (χ2v) is 7.19. The summed E-state index contributed by atoms with van der Waals surface area (Å²) in [5.74, 6) is 1.69. The molecule has 0 bridgehead atoms. The van der Waals surface area contributed by atoms with Crippen molar-refractivity contribution in [3.05, 3.63) is 71.9 Å². The number of nitrogens with zero attached hydrogens (tertiary/aromatic N) is 4.